The van der Waals surface area contributed by atoms with E-state index in [9.17, 15) is 19.2 Å². The van der Waals surface area contributed by atoms with E-state index in [0.29, 0.717) is 0 Å². The average molecular weight is 346 g/mol. The van der Waals surface area contributed by atoms with Crippen LogP contribution >= 0.6 is 0 Å². The van der Waals surface area contributed by atoms with Gasteiger partial charge in [0.25, 0.3) is 23.6 Å². The fourth-order valence-corrected chi connectivity index (χ4v) is 3.46. The highest BCUT2D eigenvalue weighted by Crippen LogP contribution is 2.37. The van der Waals surface area contributed by atoms with Gasteiger partial charge in [0.15, 0.2) is 5.66 Å². The largest absolute Gasteiger partial charge is 0.269 e. The molecule has 6 heteroatoms. The maximum absolute atomic E-state index is 12.3. The Bertz CT molecular complexity index is 875. The first-order valence-electron chi connectivity index (χ1n) is 8.10. The van der Waals surface area contributed by atoms with Crippen LogP contribution in [0.2, 0.25) is 0 Å². The number of hydrogen-bond acceptors (Lipinski definition) is 4. The average Bonchev–Trinajstić information content (AvgIpc) is 3.18. The Balaban J connectivity index is 1.78. The summed E-state index contributed by atoms with van der Waals surface area (Å²) in [4.78, 5) is 51.1. The topological polar surface area (TPSA) is 74.8 Å². The van der Waals surface area contributed by atoms with Crippen LogP contribution in [-0.2, 0) is 19.2 Å². The second-order valence-corrected chi connectivity index (χ2v) is 6.13. The lowest BCUT2D eigenvalue weighted by Crippen LogP contribution is -2.63. The summed E-state index contributed by atoms with van der Waals surface area (Å²) in [6, 6.07) is 9.58. The molecule has 3 aliphatic rings. The second kappa shape index (κ2) is 5.77. The summed E-state index contributed by atoms with van der Waals surface area (Å²) in [5.74, 6) is -2.21. The van der Waals surface area contributed by atoms with E-state index >= 15 is 0 Å². The monoisotopic (exact) mass is 346 g/mol. The molecule has 0 saturated heterocycles. The SMILES string of the molecule is O=C1C=CC(=O)N1C1(N2C(=O)C=CC2=O)C=CC(c2ccccc2)=CC1. The van der Waals surface area contributed by atoms with Gasteiger partial charge in [-0.15, -0.1) is 0 Å². The molecule has 2 aliphatic heterocycles. The first kappa shape index (κ1) is 16.0. The highest BCUT2D eigenvalue weighted by molar-refractivity contribution is 6.17. The predicted molar refractivity (Wildman–Crippen MR) is 92.9 cm³/mol. The van der Waals surface area contributed by atoms with Crippen molar-refractivity contribution in [3.63, 3.8) is 0 Å². The molecule has 0 atom stereocenters. The highest BCUT2D eigenvalue weighted by Gasteiger charge is 2.52. The van der Waals surface area contributed by atoms with Gasteiger partial charge < -0.3 is 0 Å². The molecule has 26 heavy (non-hydrogen) atoms. The van der Waals surface area contributed by atoms with Gasteiger partial charge in [0, 0.05) is 30.7 Å². The van der Waals surface area contributed by atoms with Gasteiger partial charge in [0.1, 0.15) is 0 Å². The summed E-state index contributed by atoms with van der Waals surface area (Å²) in [6.07, 6.45) is 9.86. The fraction of sp³-hybridized carbons (Fsp3) is 0.100. The number of benzene rings is 1. The van der Waals surface area contributed by atoms with E-state index in [1.807, 2.05) is 36.4 Å². The Hall–Kier alpha value is -3.54. The summed E-state index contributed by atoms with van der Waals surface area (Å²) in [5.41, 5.74) is 0.375. The third-order valence-corrected chi connectivity index (χ3v) is 4.65. The number of rotatable bonds is 3. The van der Waals surface area contributed by atoms with Gasteiger partial charge in [-0.3, -0.25) is 19.2 Å². The lowest BCUT2D eigenvalue weighted by atomic mass is 9.90. The first-order valence-corrected chi connectivity index (χ1v) is 8.10. The van der Waals surface area contributed by atoms with Gasteiger partial charge in [-0.1, -0.05) is 42.5 Å². The maximum atomic E-state index is 12.3. The van der Waals surface area contributed by atoms with Crippen molar-refractivity contribution in [3.8, 4) is 0 Å². The number of allylic oxidation sites excluding steroid dienone is 2. The minimum atomic E-state index is -1.48. The zero-order chi connectivity index (χ0) is 18.3. The van der Waals surface area contributed by atoms with Gasteiger partial charge >= 0.3 is 0 Å². The molecule has 0 fully saturated rings. The Morgan fingerprint density at radius 1 is 0.692 bits per heavy atom. The standard InChI is InChI=1S/C20H14N2O4/c23-16-6-7-17(24)21(16)20(22-18(25)8-9-19(22)26)12-10-15(11-13-20)14-4-2-1-3-5-14/h1-12H,13H2. The molecule has 0 aromatic heterocycles. The van der Waals surface area contributed by atoms with Crippen molar-refractivity contribution in [1.29, 1.82) is 0 Å². The Kier molecular flexibility index (Phi) is 3.54. The van der Waals surface area contributed by atoms with Crippen molar-refractivity contribution in [1.82, 2.24) is 9.80 Å². The summed E-state index contributed by atoms with van der Waals surface area (Å²) < 4.78 is 0. The van der Waals surface area contributed by atoms with Crippen LogP contribution in [0.1, 0.15) is 12.0 Å². The molecular formula is C20H14N2O4. The van der Waals surface area contributed by atoms with Crippen LogP contribution < -0.4 is 0 Å². The Morgan fingerprint density at radius 2 is 1.19 bits per heavy atom. The highest BCUT2D eigenvalue weighted by atomic mass is 16.2. The van der Waals surface area contributed by atoms with Gasteiger partial charge in [0.2, 0.25) is 0 Å². The van der Waals surface area contributed by atoms with Gasteiger partial charge in [0.05, 0.1) is 0 Å². The molecule has 1 aromatic rings. The normalized spacial score (nSPS) is 21.2. The molecule has 1 aromatic carbocycles. The van der Waals surface area contributed by atoms with E-state index < -0.39 is 29.3 Å². The van der Waals surface area contributed by atoms with Crippen molar-refractivity contribution in [2.75, 3.05) is 0 Å². The number of carbonyl (C=O) groups is 4. The van der Waals surface area contributed by atoms with Crippen LogP contribution in [0.3, 0.4) is 0 Å². The molecule has 2 heterocycles. The molecule has 4 rings (SSSR count). The van der Waals surface area contributed by atoms with E-state index in [-0.39, 0.29) is 6.42 Å². The molecule has 4 amide bonds. The predicted octanol–water partition coefficient (Wildman–Crippen LogP) is 1.58. The van der Waals surface area contributed by atoms with Gasteiger partial charge in [-0.05, 0) is 17.2 Å². The number of carbonyl (C=O) groups excluding carboxylic acids is 4. The van der Waals surface area contributed by atoms with Crippen LogP contribution in [0.5, 0.6) is 0 Å². The van der Waals surface area contributed by atoms with Crippen molar-refractivity contribution in [2.24, 2.45) is 0 Å². The first-order chi connectivity index (χ1) is 12.5. The minimum Gasteiger partial charge on any atom is -0.269 e. The molecule has 0 bridgehead atoms. The summed E-state index contributed by atoms with van der Waals surface area (Å²) >= 11 is 0. The molecule has 0 saturated carbocycles. The van der Waals surface area contributed by atoms with Crippen molar-refractivity contribution >= 4 is 29.2 Å². The van der Waals surface area contributed by atoms with Crippen LogP contribution in [0.4, 0.5) is 0 Å². The summed E-state index contributed by atoms with van der Waals surface area (Å²) in [6.45, 7) is 0. The molecule has 0 N–H and O–H groups in total. The molecule has 128 valence electrons. The smallest absolute Gasteiger partial charge is 0.255 e. The Morgan fingerprint density at radius 3 is 1.62 bits per heavy atom. The quantitative estimate of drug-likeness (QED) is 0.779. The molecule has 1 aliphatic carbocycles. The zero-order valence-corrected chi connectivity index (χ0v) is 13.7. The lowest BCUT2D eigenvalue weighted by molar-refractivity contribution is -0.158. The molecule has 0 radical (unpaired) electrons. The van der Waals surface area contributed by atoms with E-state index in [4.69, 9.17) is 0 Å². The number of hydrogen-bond donors (Lipinski definition) is 0. The minimum absolute atomic E-state index is 0.131. The Labute approximate surface area is 149 Å². The molecule has 0 unspecified atom stereocenters. The zero-order valence-electron chi connectivity index (χ0n) is 13.7. The molecule has 6 nitrogen and oxygen atoms in total. The lowest BCUT2D eigenvalue weighted by Gasteiger charge is -2.44. The maximum Gasteiger partial charge on any atom is 0.255 e. The van der Waals surface area contributed by atoms with Crippen molar-refractivity contribution < 1.29 is 19.2 Å². The van der Waals surface area contributed by atoms with E-state index in [2.05, 4.69) is 0 Å². The van der Waals surface area contributed by atoms with Crippen molar-refractivity contribution in [2.45, 2.75) is 12.1 Å². The van der Waals surface area contributed by atoms with E-state index in [1.165, 1.54) is 0 Å². The third kappa shape index (κ3) is 2.27. The van der Waals surface area contributed by atoms with Crippen LogP contribution in [0.15, 0.2) is 72.9 Å². The van der Waals surface area contributed by atoms with Crippen molar-refractivity contribution in [3.05, 3.63) is 78.4 Å². The number of imide groups is 2. The van der Waals surface area contributed by atoms with Crippen LogP contribution in [0.25, 0.3) is 5.57 Å². The summed E-state index contributed by atoms with van der Waals surface area (Å²) in [5, 5.41) is 0. The van der Waals surface area contributed by atoms with Gasteiger partial charge in [-0.25, -0.2) is 9.80 Å². The van der Waals surface area contributed by atoms with Gasteiger partial charge in [-0.2, -0.15) is 0 Å². The van der Waals surface area contributed by atoms with Crippen LogP contribution in [-0.4, -0.2) is 39.1 Å². The third-order valence-electron chi connectivity index (χ3n) is 4.65. The fourth-order valence-electron chi connectivity index (χ4n) is 3.46. The van der Waals surface area contributed by atoms with Crippen LogP contribution in [0, 0.1) is 0 Å². The van der Waals surface area contributed by atoms with E-state index in [0.717, 1.165) is 45.2 Å². The molecule has 0 spiro atoms. The van der Waals surface area contributed by atoms with E-state index in [1.54, 1.807) is 12.2 Å². The summed E-state index contributed by atoms with van der Waals surface area (Å²) in [7, 11) is 0. The molecular weight excluding hydrogens is 332 g/mol. The number of amides is 4. The second-order valence-electron chi connectivity index (χ2n) is 6.13. The number of nitrogens with zero attached hydrogens (tertiary/aromatic N) is 2.